The Kier molecular flexibility index (Phi) is 3.59. The van der Waals surface area contributed by atoms with Crippen molar-refractivity contribution in [1.82, 2.24) is 14.7 Å². The minimum atomic E-state index is -0.304. The van der Waals surface area contributed by atoms with Crippen LogP contribution in [0.4, 0.5) is 0 Å². The lowest BCUT2D eigenvalue weighted by Crippen LogP contribution is -2.51. The van der Waals surface area contributed by atoms with Crippen molar-refractivity contribution in [2.75, 3.05) is 13.1 Å². The van der Waals surface area contributed by atoms with Gasteiger partial charge >= 0.3 is 0 Å². The van der Waals surface area contributed by atoms with Gasteiger partial charge in [-0.05, 0) is 31.4 Å². The summed E-state index contributed by atoms with van der Waals surface area (Å²) >= 11 is 0. The minimum Gasteiger partial charge on any atom is -0.370 e. The highest BCUT2D eigenvalue weighted by atomic mass is 16.2. The van der Waals surface area contributed by atoms with Gasteiger partial charge in [0.25, 0.3) is 5.91 Å². The minimum absolute atomic E-state index is 0.0245. The zero-order valence-corrected chi connectivity index (χ0v) is 13.4. The van der Waals surface area contributed by atoms with Gasteiger partial charge in [0.2, 0.25) is 5.91 Å². The Morgan fingerprint density at radius 3 is 2.62 bits per heavy atom. The van der Waals surface area contributed by atoms with E-state index in [1.807, 2.05) is 35.0 Å². The Morgan fingerprint density at radius 2 is 1.92 bits per heavy atom. The van der Waals surface area contributed by atoms with Gasteiger partial charge in [-0.25, -0.2) is 4.68 Å². The summed E-state index contributed by atoms with van der Waals surface area (Å²) in [5.41, 5.74) is 9.02. The molecule has 2 N–H and O–H groups in total. The molecule has 1 saturated heterocycles. The summed E-state index contributed by atoms with van der Waals surface area (Å²) in [5.74, 6) is -0.138. The van der Waals surface area contributed by atoms with Crippen LogP contribution in [0.25, 0.3) is 5.69 Å². The standard InChI is InChI=1S/C18H20N4O2/c19-16(23)9-12-10-21(11-12)18(24)17-14-7-4-8-15(14)22(20-17)13-5-2-1-3-6-13/h1-3,5-6,12H,4,7-11H2,(H2,19,23). The smallest absolute Gasteiger partial charge is 0.274 e. The van der Waals surface area contributed by atoms with E-state index in [0.29, 0.717) is 25.2 Å². The van der Waals surface area contributed by atoms with E-state index in [1.54, 1.807) is 4.90 Å². The Morgan fingerprint density at radius 1 is 1.17 bits per heavy atom. The highest BCUT2D eigenvalue weighted by Crippen LogP contribution is 2.30. The maximum absolute atomic E-state index is 12.8. The summed E-state index contributed by atoms with van der Waals surface area (Å²) in [7, 11) is 0. The first-order chi connectivity index (χ1) is 11.6. The van der Waals surface area contributed by atoms with Crippen LogP contribution in [0.15, 0.2) is 30.3 Å². The predicted molar refractivity (Wildman–Crippen MR) is 88.8 cm³/mol. The van der Waals surface area contributed by atoms with E-state index < -0.39 is 0 Å². The van der Waals surface area contributed by atoms with Crippen LogP contribution in [-0.2, 0) is 17.6 Å². The highest BCUT2D eigenvalue weighted by Gasteiger charge is 2.36. The van der Waals surface area contributed by atoms with Crippen LogP contribution in [0.3, 0.4) is 0 Å². The number of para-hydroxylation sites is 1. The second kappa shape index (κ2) is 5.78. The third-order valence-electron chi connectivity index (χ3n) is 4.87. The molecule has 6 nitrogen and oxygen atoms in total. The van der Waals surface area contributed by atoms with E-state index in [1.165, 1.54) is 0 Å². The lowest BCUT2D eigenvalue weighted by atomic mass is 9.95. The Balaban J connectivity index is 1.59. The third-order valence-corrected chi connectivity index (χ3v) is 4.87. The molecular formula is C18H20N4O2. The molecule has 0 atom stereocenters. The van der Waals surface area contributed by atoms with Crippen molar-refractivity contribution < 1.29 is 9.59 Å². The van der Waals surface area contributed by atoms with Crippen molar-refractivity contribution in [2.24, 2.45) is 11.7 Å². The summed E-state index contributed by atoms with van der Waals surface area (Å²) in [6, 6.07) is 9.93. The number of primary amides is 1. The number of hydrogen-bond donors (Lipinski definition) is 1. The number of likely N-dealkylation sites (tertiary alicyclic amines) is 1. The van der Waals surface area contributed by atoms with Crippen molar-refractivity contribution in [3.63, 3.8) is 0 Å². The monoisotopic (exact) mass is 324 g/mol. The molecule has 2 aromatic rings. The first-order valence-electron chi connectivity index (χ1n) is 8.37. The molecule has 24 heavy (non-hydrogen) atoms. The fourth-order valence-electron chi connectivity index (χ4n) is 3.69. The van der Waals surface area contributed by atoms with Gasteiger partial charge in [-0.15, -0.1) is 0 Å². The molecule has 2 heterocycles. The molecule has 124 valence electrons. The van der Waals surface area contributed by atoms with Gasteiger partial charge in [-0.3, -0.25) is 9.59 Å². The number of rotatable bonds is 4. The van der Waals surface area contributed by atoms with Crippen molar-refractivity contribution in [3.8, 4) is 5.69 Å². The van der Waals surface area contributed by atoms with Crippen molar-refractivity contribution >= 4 is 11.8 Å². The number of carbonyl (C=O) groups is 2. The average Bonchev–Trinajstić information content (AvgIpc) is 3.12. The first-order valence-corrected chi connectivity index (χ1v) is 8.37. The molecular weight excluding hydrogens is 304 g/mol. The van der Waals surface area contributed by atoms with E-state index in [2.05, 4.69) is 5.10 Å². The maximum atomic E-state index is 12.8. The molecule has 4 rings (SSSR count). The van der Waals surface area contributed by atoms with Crippen molar-refractivity contribution in [1.29, 1.82) is 0 Å². The quantitative estimate of drug-likeness (QED) is 0.920. The van der Waals surface area contributed by atoms with Gasteiger partial charge in [0, 0.05) is 36.7 Å². The molecule has 2 aliphatic rings. The van der Waals surface area contributed by atoms with Gasteiger partial charge in [-0.2, -0.15) is 5.10 Å². The van der Waals surface area contributed by atoms with E-state index in [0.717, 1.165) is 36.2 Å². The number of hydrogen-bond acceptors (Lipinski definition) is 3. The Hall–Kier alpha value is -2.63. The predicted octanol–water partition coefficient (Wildman–Crippen LogP) is 1.31. The molecule has 0 saturated carbocycles. The third kappa shape index (κ3) is 2.48. The zero-order valence-electron chi connectivity index (χ0n) is 13.4. The molecule has 0 spiro atoms. The molecule has 1 aliphatic heterocycles. The topological polar surface area (TPSA) is 81.2 Å². The molecule has 1 aromatic carbocycles. The molecule has 0 bridgehead atoms. The van der Waals surface area contributed by atoms with Crippen LogP contribution in [0.5, 0.6) is 0 Å². The molecule has 2 amide bonds. The van der Waals surface area contributed by atoms with E-state index in [4.69, 9.17) is 5.73 Å². The molecule has 1 aliphatic carbocycles. The number of benzene rings is 1. The summed E-state index contributed by atoms with van der Waals surface area (Å²) in [6.07, 6.45) is 3.27. The molecule has 6 heteroatoms. The van der Waals surface area contributed by atoms with Gasteiger partial charge in [0.15, 0.2) is 5.69 Å². The number of fused-ring (bicyclic) bond motifs is 1. The average molecular weight is 324 g/mol. The van der Waals surface area contributed by atoms with E-state index in [9.17, 15) is 9.59 Å². The van der Waals surface area contributed by atoms with E-state index in [-0.39, 0.29) is 17.7 Å². The van der Waals surface area contributed by atoms with Crippen LogP contribution in [0.2, 0.25) is 0 Å². The van der Waals surface area contributed by atoms with Crippen molar-refractivity contribution in [2.45, 2.75) is 25.7 Å². The van der Waals surface area contributed by atoms with Gasteiger partial charge in [0.05, 0.1) is 5.69 Å². The fraction of sp³-hybridized carbons (Fsp3) is 0.389. The lowest BCUT2D eigenvalue weighted by Gasteiger charge is -2.38. The van der Waals surface area contributed by atoms with Crippen LogP contribution in [-0.4, -0.2) is 39.6 Å². The number of aromatic nitrogens is 2. The van der Waals surface area contributed by atoms with E-state index >= 15 is 0 Å². The van der Waals surface area contributed by atoms with Crippen LogP contribution in [0, 0.1) is 5.92 Å². The number of nitrogens with zero attached hydrogens (tertiary/aromatic N) is 3. The SMILES string of the molecule is NC(=O)CC1CN(C(=O)c2nn(-c3ccccc3)c3c2CCC3)C1. The Bertz CT molecular complexity index is 791. The number of amides is 2. The normalized spacial score (nSPS) is 16.8. The zero-order chi connectivity index (χ0) is 16.7. The molecule has 1 fully saturated rings. The van der Waals surface area contributed by atoms with Gasteiger partial charge in [-0.1, -0.05) is 18.2 Å². The summed E-state index contributed by atoms with van der Waals surface area (Å²) in [6.45, 7) is 1.18. The largest absolute Gasteiger partial charge is 0.370 e. The summed E-state index contributed by atoms with van der Waals surface area (Å²) in [4.78, 5) is 25.5. The van der Waals surface area contributed by atoms with Crippen molar-refractivity contribution in [3.05, 3.63) is 47.3 Å². The summed E-state index contributed by atoms with van der Waals surface area (Å²) < 4.78 is 1.91. The Labute approximate surface area is 140 Å². The molecule has 0 unspecified atom stereocenters. The van der Waals surface area contributed by atoms with Gasteiger partial charge in [0.1, 0.15) is 0 Å². The highest BCUT2D eigenvalue weighted by molar-refractivity contribution is 5.95. The second-order valence-electron chi connectivity index (χ2n) is 6.62. The molecule has 1 aromatic heterocycles. The maximum Gasteiger partial charge on any atom is 0.274 e. The first kappa shape index (κ1) is 14.9. The van der Waals surface area contributed by atoms with Crippen LogP contribution < -0.4 is 5.73 Å². The van der Waals surface area contributed by atoms with Crippen LogP contribution in [0.1, 0.15) is 34.6 Å². The van der Waals surface area contributed by atoms with Crippen LogP contribution >= 0.6 is 0 Å². The molecule has 0 radical (unpaired) electrons. The van der Waals surface area contributed by atoms with Gasteiger partial charge < -0.3 is 10.6 Å². The number of carbonyl (C=O) groups excluding carboxylic acids is 2. The lowest BCUT2D eigenvalue weighted by molar-refractivity contribution is -0.119. The second-order valence-corrected chi connectivity index (χ2v) is 6.62. The summed E-state index contributed by atoms with van der Waals surface area (Å²) in [5, 5.41) is 4.62. The number of nitrogens with two attached hydrogens (primary N) is 1. The fourth-order valence-corrected chi connectivity index (χ4v) is 3.69.